The fraction of sp³-hybridized carbons (Fsp3) is 0.429. The van der Waals surface area contributed by atoms with Crippen molar-refractivity contribution in [2.45, 2.75) is 37.8 Å². The van der Waals surface area contributed by atoms with E-state index < -0.39 is 18.9 Å². The summed E-state index contributed by atoms with van der Waals surface area (Å²) in [4.78, 5) is 2.15. The van der Waals surface area contributed by atoms with Crippen LogP contribution in [-0.4, -0.2) is 35.4 Å². The maximum Gasteiger partial charge on any atom is 0.139 e. The number of benzene rings is 2. The Bertz CT molecular complexity index is 707. The van der Waals surface area contributed by atoms with Gasteiger partial charge in [-0.3, -0.25) is 0 Å². The summed E-state index contributed by atoms with van der Waals surface area (Å²) in [5.41, 5.74) is 2.66. The quantitative estimate of drug-likeness (QED) is 0.834. The number of aliphatic hydroxyl groups is 1. The molecular formula is C21H23F2NO3. The molecule has 2 aromatic rings. The average molecular weight is 375 g/mol. The molecule has 0 spiro atoms. The molecule has 0 aliphatic carbocycles. The van der Waals surface area contributed by atoms with Gasteiger partial charge in [-0.15, -0.1) is 0 Å². The first kappa shape index (κ1) is 18.5. The van der Waals surface area contributed by atoms with Crippen molar-refractivity contribution in [3.8, 4) is 0 Å². The monoisotopic (exact) mass is 375 g/mol. The number of halogens is 2. The molecule has 0 saturated carbocycles. The lowest BCUT2D eigenvalue weighted by molar-refractivity contribution is -0.0623. The highest BCUT2D eigenvalue weighted by molar-refractivity contribution is 5.29. The zero-order valence-electron chi connectivity index (χ0n) is 15.0. The van der Waals surface area contributed by atoms with Crippen molar-refractivity contribution in [1.82, 2.24) is 4.90 Å². The third-order valence-electron chi connectivity index (χ3n) is 5.49. The van der Waals surface area contributed by atoms with Gasteiger partial charge < -0.3 is 14.6 Å². The molecule has 0 amide bonds. The summed E-state index contributed by atoms with van der Waals surface area (Å²) in [5, 5.41) is 9.60. The highest BCUT2D eigenvalue weighted by Crippen LogP contribution is 2.50. The third kappa shape index (κ3) is 3.27. The Morgan fingerprint density at radius 1 is 0.852 bits per heavy atom. The van der Waals surface area contributed by atoms with E-state index in [2.05, 4.69) is 4.90 Å². The van der Waals surface area contributed by atoms with Crippen LogP contribution in [0.2, 0.25) is 0 Å². The lowest BCUT2D eigenvalue weighted by Crippen LogP contribution is -2.45. The molecule has 0 radical (unpaired) electrons. The molecule has 4 rings (SSSR count). The predicted molar refractivity (Wildman–Crippen MR) is 96.2 cm³/mol. The number of aliphatic hydroxyl groups excluding tert-OH is 1. The minimum atomic E-state index is -0.503. The van der Waals surface area contributed by atoms with Gasteiger partial charge in [-0.1, -0.05) is 48.5 Å². The molecule has 2 aliphatic heterocycles. The zero-order chi connectivity index (χ0) is 18.9. The molecule has 2 aliphatic rings. The van der Waals surface area contributed by atoms with Gasteiger partial charge in [0.25, 0.3) is 0 Å². The van der Waals surface area contributed by atoms with Gasteiger partial charge in [0.1, 0.15) is 25.8 Å². The molecular weight excluding hydrogens is 352 g/mol. The summed E-state index contributed by atoms with van der Waals surface area (Å²) < 4.78 is 37.9. The summed E-state index contributed by atoms with van der Waals surface area (Å²) >= 11 is 0. The first-order chi connectivity index (χ1) is 13.2. The molecule has 1 N–H and O–H groups in total. The van der Waals surface area contributed by atoms with Gasteiger partial charge in [-0.25, -0.2) is 13.7 Å². The van der Waals surface area contributed by atoms with Crippen LogP contribution in [0, 0.1) is 0 Å². The number of hydrogen-bond donors (Lipinski definition) is 1. The van der Waals surface area contributed by atoms with E-state index >= 15 is 0 Å². The number of alkyl halides is 2. The van der Waals surface area contributed by atoms with Crippen molar-refractivity contribution in [2.24, 2.45) is 0 Å². The van der Waals surface area contributed by atoms with E-state index in [9.17, 15) is 13.9 Å². The molecule has 2 saturated heterocycles. The summed E-state index contributed by atoms with van der Waals surface area (Å²) in [6.45, 7) is -0.0816. The Hall–Kier alpha value is -1.86. The Labute approximate surface area is 157 Å². The van der Waals surface area contributed by atoms with Crippen molar-refractivity contribution in [3.05, 3.63) is 70.8 Å². The van der Waals surface area contributed by atoms with Crippen LogP contribution >= 0.6 is 0 Å². The first-order valence-electron chi connectivity index (χ1n) is 9.13. The molecule has 144 valence electrons. The molecule has 27 heavy (non-hydrogen) atoms. The van der Waals surface area contributed by atoms with E-state index in [1.165, 1.54) is 0 Å². The number of rotatable bonds is 6. The van der Waals surface area contributed by atoms with E-state index in [1.54, 1.807) is 24.3 Å². The fourth-order valence-corrected chi connectivity index (χ4v) is 3.98. The Balaban J connectivity index is 1.68. The number of nitrogens with zero attached hydrogens (tertiary/aromatic N) is 1. The van der Waals surface area contributed by atoms with Gasteiger partial charge in [0, 0.05) is 6.61 Å². The summed E-state index contributed by atoms with van der Waals surface area (Å²) in [7, 11) is 0. The highest BCUT2D eigenvalue weighted by Gasteiger charge is 2.56. The minimum absolute atomic E-state index is 0.0320. The van der Waals surface area contributed by atoms with Crippen LogP contribution < -0.4 is 0 Å². The second-order valence-electron chi connectivity index (χ2n) is 7.18. The molecule has 4 nitrogen and oxygen atoms in total. The smallest absolute Gasteiger partial charge is 0.139 e. The maximum atomic E-state index is 12.8. The highest BCUT2D eigenvalue weighted by atomic mass is 19.1. The topological polar surface area (TPSA) is 41.9 Å². The molecule has 3 atom stereocenters. The number of hydrogen-bond acceptors (Lipinski definition) is 4. The predicted octanol–water partition coefficient (Wildman–Crippen LogP) is 3.81. The molecule has 2 heterocycles. The van der Waals surface area contributed by atoms with Crippen LogP contribution in [0.3, 0.4) is 0 Å². The van der Waals surface area contributed by atoms with Crippen LogP contribution in [0.4, 0.5) is 8.78 Å². The van der Waals surface area contributed by atoms with Crippen LogP contribution in [0.25, 0.3) is 0 Å². The minimum Gasteiger partial charge on any atom is -0.396 e. The third-order valence-corrected chi connectivity index (χ3v) is 5.49. The van der Waals surface area contributed by atoms with Crippen LogP contribution in [0.15, 0.2) is 48.5 Å². The van der Waals surface area contributed by atoms with Gasteiger partial charge in [0.05, 0.1) is 18.8 Å². The molecule has 0 bridgehead atoms. The summed E-state index contributed by atoms with van der Waals surface area (Å²) in [6.07, 6.45) is -0.164. The lowest BCUT2D eigenvalue weighted by atomic mass is 9.96. The standard InChI is InChI=1S/C21H23F2NO3/c22-11-15-1-5-17(6-2-15)19-24-20(18-7-3-16(12-23)4-8-18)27-14-21(24,9-10-25)13-26-19/h1-8,19-20,25H,9-14H2/t19-,20+,21?. The molecule has 2 fully saturated rings. The molecule has 2 aromatic carbocycles. The van der Waals surface area contributed by atoms with Crippen molar-refractivity contribution in [2.75, 3.05) is 19.8 Å². The molecule has 0 aromatic heterocycles. The van der Waals surface area contributed by atoms with Crippen LogP contribution in [-0.2, 0) is 22.8 Å². The van der Waals surface area contributed by atoms with Crippen molar-refractivity contribution < 1.29 is 23.4 Å². The summed E-state index contributed by atoms with van der Waals surface area (Å²) in [5.74, 6) is 0. The number of ether oxygens (including phenoxy) is 2. The Kier molecular flexibility index (Phi) is 5.23. The Morgan fingerprint density at radius 2 is 1.30 bits per heavy atom. The van der Waals surface area contributed by atoms with Gasteiger partial charge in [-0.2, -0.15) is 0 Å². The van der Waals surface area contributed by atoms with E-state index in [4.69, 9.17) is 9.47 Å². The van der Waals surface area contributed by atoms with Gasteiger partial charge in [0.2, 0.25) is 0 Å². The van der Waals surface area contributed by atoms with Gasteiger partial charge >= 0.3 is 0 Å². The zero-order valence-corrected chi connectivity index (χ0v) is 15.0. The van der Waals surface area contributed by atoms with Crippen molar-refractivity contribution in [3.63, 3.8) is 0 Å². The second kappa shape index (κ2) is 7.64. The average Bonchev–Trinajstić information content (AvgIpc) is 3.25. The molecule has 1 unspecified atom stereocenters. The van der Waals surface area contributed by atoms with E-state index in [-0.39, 0.29) is 19.1 Å². The van der Waals surface area contributed by atoms with E-state index in [0.717, 1.165) is 11.1 Å². The van der Waals surface area contributed by atoms with Gasteiger partial charge in [0.15, 0.2) is 0 Å². The maximum absolute atomic E-state index is 12.8. The number of fused-ring (bicyclic) bond motifs is 1. The summed E-state index contributed by atoms with van der Waals surface area (Å²) in [6, 6.07) is 14.5. The van der Waals surface area contributed by atoms with Crippen molar-refractivity contribution >= 4 is 0 Å². The van der Waals surface area contributed by atoms with E-state index in [0.29, 0.717) is 30.8 Å². The SMILES string of the molecule is OCCC12CO[C@H](c3ccc(CF)cc3)N1[C@H](c1ccc(CF)cc1)OC2. The van der Waals surface area contributed by atoms with Crippen molar-refractivity contribution in [1.29, 1.82) is 0 Å². The lowest BCUT2D eigenvalue weighted by Gasteiger charge is -2.34. The fourth-order valence-electron chi connectivity index (χ4n) is 3.98. The second-order valence-corrected chi connectivity index (χ2v) is 7.18. The molecule has 6 heteroatoms. The normalized spacial score (nSPS) is 27.8. The first-order valence-corrected chi connectivity index (χ1v) is 9.13. The van der Waals surface area contributed by atoms with Gasteiger partial charge in [-0.05, 0) is 28.7 Å². The van der Waals surface area contributed by atoms with Crippen LogP contribution in [0.5, 0.6) is 0 Å². The van der Waals surface area contributed by atoms with Crippen LogP contribution in [0.1, 0.15) is 41.1 Å². The Morgan fingerprint density at radius 3 is 1.67 bits per heavy atom. The largest absolute Gasteiger partial charge is 0.396 e. The van der Waals surface area contributed by atoms with E-state index in [1.807, 2.05) is 24.3 Å².